The SMILES string of the molecule is COc1ccc(N(CCCC(=O)N(Cc2c(Cl)cccc2Cl)[C@H](Cc2ccccc2)C(=O)NC2CCCCC2)S(C)(=O)=O)cc1. The molecule has 0 heterocycles. The molecule has 0 unspecified atom stereocenters. The maximum atomic E-state index is 14.1. The van der Waals surface area contributed by atoms with Gasteiger partial charge >= 0.3 is 0 Å². The van der Waals surface area contributed by atoms with Crippen LogP contribution in [0.1, 0.15) is 56.1 Å². The summed E-state index contributed by atoms with van der Waals surface area (Å²) in [6.45, 7) is 0.108. The van der Waals surface area contributed by atoms with Gasteiger partial charge in [-0.2, -0.15) is 0 Å². The van der Waals surface area contributed by atoms with Gasteiger partial charge in [0.2, 0.25) is 21.8 Å². The van der Waals surface area contributed by atoms with Gasteiger partial charge in [0.15, 0.2) is 0 Å². The van der Waals surface area contributed by atoms with Crippen molar-refractivity contribution in [2.75, 3.05) is 24.2 Å². The molecule has 1 saturated carbocycles. The maximum absolute atomic E-state index is 14.1. The molecule has 1 aliphatic carbocycles. The van der Waals surface area contributed by atoms with Crippen molar-refractivity contribution in [2.24, 2.45) is 0 Å². The molecule has 45 heavy (non-hydrogen) atoms. The third-order valence-electron chi connectivity index (χ3n) is 8.13. The highest BCUT2D eigenvalue weighted by Gasteiger charge is 2.33. The number of ether oxygens (including phenoxy) is 1. The van der Waals surface area contributed by atoms with E-state index in [9.17, 15) is 18.0 Å². The van der Waals surface area contributed by atoms with Gasteiger partial charge in [-0.25, -0.2) is 8.42 Å². The van der Waals surface area contributed by atoms with Crippen molar-refractivity contribution in [1.29, 1.82) is 0 Å². The van der Waals surface area contributed by atoms with Crippen LogP contribution < -0.4 is 14.4 Å². The Hall–Kier alpha value is -3.27. The number of hydrogen-bond donors (Lipinski definition) is 1. The highest BCUT2D eigenvalue weighted by molar-refractivity contribution is 7.92. The smallest absolute Gasteiger partial charge is 0.243 e. The zero-order valence-electron chi connectivity index (χ0n) is 25.8. The van der Waals surface area contributed by atoms with Crippen LogP contribution in [0, 0.1) is 0 Å². The van der Waals surface area contributed by atoms with Gasteiger partial charge in [-0.1, -0.05) is 78.9 Å². The fraction of sp³-hybridized carbons (Fsp3) is 0.412. The minimum absolute atomic E-state index is 0.00620. The van der Waals surface area contributed by atoms with Crippen LogP contribution in [0.15, 0.2) is 72.8 Å². The number of rotatable bonds is 14. The Kier molecular flexibility index (Phi) is 12.6. The number of carbonyl (C=O) groups excluding carboxylic acids is 2. The van der Waals surface area contributed by atoms with E-state index in [1.807, 2.05) is 30.3 Å². The lowest BCUT2D eigenvalue weighted by molar-refractivity contribution is -0.141. The molecule has 3 aromatic carbocycles. The molecule has 0 aliphatic heterocycles. The van der Waals surface area contributed by atoms with Crippen molar-refractivity contribution in [2.45, 2.75) is 70.0 Å². The van der Waals surface area contributed by atoms with Gasteiger partial charge in [0.1, 0.15) is 11.8 Å². The Balaban J connectivity index is 1.61. The molecule has 2 amide bonds. The van der Waals surface area contributed by atoms with Crippen molar-refractivity contribution in [3.05, 3.63) is 94.0 Å². The number of halogens is 2. The Bertz CT molecular complexity index is 1510. The summed E-state index contributed by atoms with van der Waals surface area (Å²) in [7, 11) is -2.10. The van der Waals surface area contributed by atoms with E-state index in [0.29, 0.717) is 33.5 Å². The van der Waals surface area contributed by atoms with E-state index in [-0.39, 0.29) is 43.8 Å². The summed E-state index contributed by atoms with van der Waals surface area (Å²) in [5, 5.41) is 4.01. The Morgan fingerprint density at radius 1 is 0.933 bits per heavy atom. The molecule has 0 bridgehead atoms. The molecule has 242 valence electrons. The van der Waals surface area contributed by atoms with Gasteiger partial charge in [0.25, 0.3) is 0 Å². The summed E-state index contributed by atoms with van der Waals surface area (Å²) in [6.07, 6.45) is 6.73. The van der Waals surface area contributed by atoms with Gasteiger partial charge in [-0.05, 0) is 61.2 Å². The third kappa shape index (κ3) is 9.86. The van der Waals surface area contributed by atoms with Gasteiger partial charge < -0.3 is 15.0 Å². The second-order valence-electron chi connectivity index (χ2n) is 11.4. The molecular weight excluding hydrogens is 633 g/mol. The number of nitrogens with one attached hydrogen (secondary N) is 1. The van der Waals surface area contributed by atoms with Crippen molar-refractivity contribution >= 4 is 50.7 Å². The fourth-order valence-corrected chi connectivity index (χ4v) is 7.19. The second kappa shape index (κ2) is 16.3. The van der Waals surface area contributed by atoms with Crippen LogP contribution >= 0.6 is 23.2 Å². The summed E-state index contributed by atoms with van der Waals surface area (Å²) < 4.78 is 31.9. The van der Waals surface area contributed by atoms with Crippen molar-refractivity contribution in [3.63, 3.8) is 0 Å². The van der Waals surface area contributed by atoms with Crippen LogP contribution in [0.2, 0.25) is 10.0 Å². The molecule has 0 saturated heterocycles. The number of methoxy groups -OCH3 is 1. The number of anilines is 1. The molecule has 8 nitrogen and oxygen atoms in total. The number of carbonyl (C=O) groups is 2. The predicted octanol–water partition coefficient (Wildman–Crippen LogP) is 6.64. The first-order chi connectivity index (χ1) is 21.6. The van der Waals surface area contributed by atoms with Crippen LogP contribution in [-0.2, 0) is 32.6 Å². The summed E-state index contributed by atoms with van der Waals surface area (Å²) in [6, 6.07) is 20.7. The fourth-order valence-electron chi connectivity index (χ4n) is 5.70. The molecular formula is C34H41Cl2N3O5S. The Morgan fingerprint density at radius 2 is 1.58 bits per heavy atom. The highest BCUT2D eigenvalue weighted by Crippen LogP contribution is 2.28. The van der Waals surface area contributed by atoms with Crippen molar-refractivity contribution in [1.82, 2.24) is 10.2 Å². The van der Waals surface area contributed by atoms with E-state index in [1.54, 1.807) is 47.4 Å². The van der Waals surface area contributed by atoms with Crippen LogP contribution in [-0.4, -0.2) is 57.1 Å². The lowest BCUT2D eigenvalue weighted by Crippen LogP contribution is -2.53. The van der Waals surface area contributed by atoms with E-state index in [0.717, 1.165) is 43.9 Å². The maximum Gasteiger partial charge on any atom is 0.243 e. The Morgan fingerprint density at radius 3 is 2.18 bits per heavy atom. The van der Waals surface area contributed by atoms with E-state index < -0.39 is 16.1 Å². The number of hydrogen-bond acceptors (Lipinski definition) is 5. The van der Waals surface area contributed by atoms with Gasteiger partial charge in [-0.3, -0.25) is 13.9 Å². The van der Waals surface area contributed by atoms with Crippen LogP contribution in [0.4, 0.5) is 5.69 Å². The number of nitrogens with zero attached hydrogens (tertiary/aromatic N) is 2. The van der Waals surface area contributed by atoms with Crippen molar-refractivity contribution in [3.8, 4) is 5.75 Å². The molecule has 4 rings (SSSR count). The molecule has 1 atom stereocenters. The molecule has 1 N–H and O–H groups in total. The summed E-state index contributed by atoms with van der Waals surface area (Å²) in [5.74, 6) is 0.0828. The molecule has 1 fully saturated rings. The minimum atomic E-state index is -3.63. The van der Waals surface area contributed by atoms with E-state index in [1.165, 1.54) is 11.4 Å². The predicted molar refractivity (Wildman–Crippen MR) is 180 cm³/mol. The summed E-state index contributed by atoms with van der Waals surface area (Å²) >= 11 is 13.1. The highest BCUT2D eigenvalue weighted by atomic mass is 35.5. The minimum Gasteiger partial charge on any atom is -0.497 e. The standard InChI is InChI=1S/C34H41Cl2N3O5S/c1-44-28-20-18-27(19-21-28)39(45(2,42)43)22-10-17-33(40)38(24-29-30(35)15-9-16-31(29)36)32(23-25-11-5-3-6-12-25)34(41)37-26-13-7-4-8-14-26/h3,5-6,9,11-12,15-16,18-21,26,32H,4,7-8,10,13-14,17,22-24H2,1-2H3,(H,37,41)/t32-/m1/s1. The van der Waals surface area contributed by atoms with Gasteiger partial charge in [0.05, 0.1) is 19.1 Å². The monoisotopic (exact) mass is 673 g/mol. The first-order valence-corrected chi connectivity index (χ1v) is 17.9. The average molecular weight is 675 g/mol. The van der Waals surface area contributed by atoms with Crippen molar-refractivity contribution < 1.29 is 22.7 Å². The first kappa shape index (κ1) is 34.6. The van der Waals surface area contributed by atoms with Crippen LogP contribution in [0.3, 0.4) is 0 Å². The zero-order chi connectivity index (χ0) is 32.4. The quantitative estimate of drug-likeness (QED) is 0.207. The molecule has 0 radical (unpaired) electrons. The molecule has 11 heteroatoms. The summed E-state index contributed by atoms with van der Waals surface area (Å²) in [4.78, 5) is 29.7. The number of amides is 2. The van der Waals surface area contributed by atoms with Crippen LogP contribution in [0.5, 0.6) is 5.75 Å². The van der Waals surface area contributed by atoms with E-state index in [4.69, 9.17) is 27.9 Å². The van der Waals surface area contributed by atoms with Gasteiger partial charge in [0, 0.05) is 47.6 Å². The number of sulfonamides is 1. The molecule has 0 spiro atoms. The Labute approximate surface area is 276 Å². The topological polar surface area (TPSA) is 96.0 Å². The summed E-state index contributed by atoms with van der Waals surface area (Å²) in [5.41, 5.74) is 1.93. The largest absolute Gasteiger partial charge is 0.497 e. The third-order valence-corrected chi connectivity index (χ3v) is 10.0. The second-order valence-corrected chi connectivity index (χ2v) is 14.1. The molecule has 0 aromatic heterocycles. The molecule has 1 aliphatic rings. The van der Waals surface area contributed by atoms with E-state index in [2.05, 4.69) is 5.32 Å². The van der Waals surface area contributed by atoms with E-state index >= 15 is 0 Å². The zero-order valence-corrected chi connectivity index (χ0v) is 28.1. The molecule has 3 aromatic rings. The first-order valence-electron chi connectivity index (χ1n) is 15.2. The lowest BCUT2D eigenvalue weighted by Gasteiger charge is -2.34. The van der Waals surface area contributed by atoms with Gasteiger partial charge in [-0.15, -0.1) is 0 Å². The average Bonchev–Trinajstić information content (AvgIpc) is 3.02. The normalized spacial score (nSPS) is 14.4. The number of benzene rings is 3. The van der Waals surface area contributed by atoms with Crippen LogP contribution in [0.25, 0.3) is 0 Å². The lowest BCUT2D eigenvalue weighted by atomic mass is 9.94.